The molecular weight excluding hydrogens is 260 g/mol. The normalized spacial score (nSPS) is 15.2. The summed E-state index contributed by atoms with van der Waals surface area (Å²) in [5.74, 6) is -2.31. The summed E-state index contributed by atoms with van der Waals surface area (Å²) in [6, 6.07) is 0. The number of allylic oxidation sites excluding steroid dienone is 2. The molecule has 0 heterocycles. The van der Waals surface area contributed by atoms with Gasteiger partial charge in [0.1, 0.15) is 0 Å². The molecule has 0 aromatic rings. The summed E-state index contributed by atoms with van der Waals surface area (Å²) in [6.45, 7) is 1.59. The molecule has 0 saturated carbocycles. The zero-order valence-corrected chi connectivity index (χ0v) is 11.9. The molecule has 2 N–H and O–H groups in total. The highest BCUT2D eigenvalue weighted by Crippen LogP contribution is 2.30. The topological polar surface area (TPSA) is 91.7 Å². The van der Waals surface area contributed by atoms with Crippen LogP contribution in [-0.4, -0.2) is 27.9 Å². The number of aliphatic carboxylic acids is 2. The largest absolute Gasteiger partial charge is 0.480 e. The van der Waals surface area contributed by atoms with Crippen LogP contribution < -0.4 is 0 Å². The molecule has 1 rings (SSSR count). The maximum absolute atomic E-state index is 11.4. The van der Waals surface area contributed by atoms with E-state index in [1.807, 2.05) is 6.08 Å². The maximum Gasteiger partial charge on any atom is 0.321 e. The van der Waals surface area contributed by atoms with Crippen LogP contribution in [0.5, 0.6) is 0 Å². The summed E-state index contributed by atoms with van der Waals surface area (Å²) in [4.78, 5) is 33.7. The Labute approximate surface area is 118 Å². The number of carboxylic acid groups (broad SMARTS) is 2. The Morgan fingerprint density at radius 1 is 1.20 bits per heavy atom. The second-order valence-corrected chi connectivity index (χ2v) is 5.30. The summed E-state index contributed by atoms with van der Waals surface area (Å²) < 4.78 is 0. The van der Waals surface area contributed by atoms with Crippen molar-refractivity contribution in [3.8, 4) is 0 Å². The van der Waals surface area contributed by atoms with Gasteiger partial charge in [-0.25, -0.2) is 0 Å². The summed E-state index contributed by atoms with van der Waals surface area (Å²) in [5.41, 5.74) is -0.786. The average Bonchev–Trinajstić information content (AvgIpc) is 2.79. The Kier molecular flexibility index (Phi) is 5.92. The van der Waals surface area contributed by atoms with Gasteiger partial charge in [0, 0.05) is 6.42 Å². The molecule has 0 atom stereocenters. The van der Waals surface area contributed by atoms with E-state index < -0.39 is 17.4 Å². The van der Waals surface area contributed by atoms with Crippen molar-refractivity contribution in [2.45, 2.75) is 58.3 Å². The van der Waals surface area contributed by atoms with Gasteiger partial charge in [-0.15, -0.1) is 0 Å². The molecule has 0 aliphatic heterocycles. The fraction of sp³-hybridized carbons (Fsp3) is 0.667. The van der Waals surface area contributed by atoms with E-state index in [0.717, 1.165) is 31.3 Å². The molecule has 5 heteroatoms. The highest BCUT2D eigenvalue weighted by atomic mass is 16.4. The lowest BCUT2D eigenvalue weighted by Gasteiger charge is -2.22. The molecule has 20 heavy (non-hydrogen) atoms. The van der Waals surface area contributed by atoms with E-state index >= 15 is 0 Å². The lowest BCUT2D eigenvalue weighted by molar-refractivity contribution is -0.165. The Morgan fingerprint density at radius 2 is 1.85 bits per heavy atom. The third-order valence-electron chi connectivity index (χ3n) is 4.09. The lowest BCUT2D eigenvalue weighted by atomic mass is 9.80. The third-order valence-corrected chi connectivity index (χ3v) is 4.09. The van der Waals surface area contributed by atoms with Crippen molar-refractivity contribution in [2.75, 3.05) is 0 Å². The predicted molar refractivity (Wildman–Crippen MR) is 73.4 cm³/mol. The first kappa shape index (κ1) is 16.4. The van der Waals surface area contributed by atoms with Gasteiger partial charge in [0.15, 0.2) is 11.2 Å². The Bertz CT molecular complexity index is 408. The molecule has 0 fully saturated rings. The fourth-order valence-corrected chi connectivity index (χ4v) is 2.60. The minimum atomic E-state index is -1.66. The summed E-state index contributed by atoms with van der Waals surface area (Å²) in [6.07, 6.45) is 6.43. The molecule has 0 unspecified atom stereocenters. The van der Waals surface area contributed by atoms with Gasteiger partial charge in [-0.2, -0.15) is 0 Å². The van der Waals surface area contributed by atoms with E-state index in [1.165, 1.54) is 0 Å². The maximum atomic E-state index is 11.4. The summed E-state index contributed by atoms with van der Waals surface area (Å²) >= 11 is 0. The number of hydrogen-bond acceptors (Lipinski definition) is 3. The van der Waals surface area contributed by atoms with Crippen LogP contribution in [0.25, 0.3) is 0 Å². The van der Waals surface area contributed by atoms with Crippen molar-refractivity contribution in [3.05, 3.63) is 11.6 Å². The minimum Gasteiger partial charge on any atom is -0.480 e. The van der Waals surface area contributed by atoms with E-state index in [4.69, 9.17) is 10.2 Å². The Hall–Kier alpha value is -1.65. The van der Waals surface area contributed by atoms with Crippen LogP contribution in [-0.2, 0) is 14.4 Å². The zero-order chi connectivity index (χ0) is 15.2. The molecule has 112 valence electrons. The molecule has 5 nitrogen and oxygen atoms in total. The zero-order valence-electron chi connectivity index (χ0n) is 11.9. The molecular formula is C15H22O5. The highest BCUT2D eigenvalue weighted by molar-refractivity contribution is 5.98. The molecule has 0 saturated heterocycles. The Balaban J connectivity index is 2.36. The second kappa shape index (κ2) is 7.22. The second-order valence-electron chi connectivity index (χ2n) is 5.30. The molecule has 0 bridgehead atoms. The van der Waals surface area contributed by atoms with Crippen molar-refractivity contribution in [2.24, 2.45) is 5.41 Å². The highest BCUT2D eigenvalue weighted by Gasteiger charge is 2.44. The van der Waals surface area contributed by atoms with Crippen LogP contribution >= 0.6 is 0 Å². The van der Waals surface area contributed by atoms with Crippen LogP contribution in [0.3, 0.4) is 0 Å². The van der Waals surface area contributed by atoms with Crippen LogP contribution in [0.2, 0.25) is 0 Å². The number of Topliss-reactive ketones (excluding diaryl/α,β-unsaturated/α-hetero) is 1. The smallest absolute Gasteiger partial charge is 0.321 e. The number of carboxylic acids is 2. The van der Waals surface area contributed by atoms with Gasteiger partial charge in [-0.05, 0) is 37.7 Å². The SMILES string of the molecule is CCC(CCCCCC1=CCCC1=O)(C(=O)O)C(=O)O. The van der Waals surface area contributed by atoms with Gasteiger partial charge in [0.05, 0.1) is 0 Å². The number of carbonyl (C=O) groups is 3. The van der Waals surface area contributed by atoms with E-state index in [0.29, 0.717) is 12.8 Å². The van der Waals surface area contributed by atoms with Crippen molar-refractivity contribution in [3.63, 3.8) is 0 Å². The summed E-state index contributed by atoms with van der Waals surface area (Å²) in [5, 5.41) is 18.2. The number of ketones is 1. The van der Waals surface area contributed by atoms with Gasteiger partial charge >= 0.3 is 11.9 Å². The van der Waals surface area contributed by atoms with Crippen molar-refractivity contribution >= 4 is 17.7 Å². The fourth-order valence-electron chi connectivity index (χ4n) is 2.60. The molecule has 1 aliphatic carbocycles. The van der Waals surface area contributed by atoms with E-state index in [1.54, 1.807) is 6.92 Å². The minimum absolute atomic E-state index is 0.0846. The van der Waals surface area contributed by atoms with Crippen LogP contribution in [0.1, 0.15) is 58.3 Å². The predicted octanol–water partition coefficient (Wildman–Crippen LogP) is 2.79. The molecule has 0 amide bonds. The number of hydrogen-bond donors (Lipinski definition) is 2. The van der Waals surface area contributed by atoms with Crippen molar-refractivity contribution in [1.29, 1.82) is 0 Å². The number of carbonyl (C=O) groups excluding carboxylic acids is 1. The molecule has 0 aromatic heterocycles. The first-order chi connectivity index (χ1) is 9.44. The standard InChI is InChI=1S/C15H22O5/c1-2-15(13(17)18,14(19)20)10-5-3-4-7-11-8-6-9-12(11)16/h8H,2-7,9-10H2,1H3,(H,17,18)(H,19,20). The van der Waals surface area contributed by atoms with Crippen LogP contribution in [0, 0.1) is 5.41 Å². The number of rotatable bonds is 9. The average molecular weight is 282 g/mol. The Morgan fingerprint density at radius 3 is 2.30 bits per heavy atom. The molecule has 0 aromatic carbocycles. The van der Waals surface area contributed by atoms with Crippen LogP contribution in [0.15, 0.2) is 11.6 Å². The molecule has 1 aliphatic rings. The lowest BCUT2D eigenvalue weighted by Crippen LogP contribution is -2.38. The van der Waals surface area contributed by atoms with Crippen LogP contribution in [0.4, 0.5) is 0 Å². The van der Waals surface area contributed by atoms with Crippen molar-refractivity contribution < 1.29 is 24.6 Å². The van der Waals surface area contributed by atoms with E-state index in [2.05, 4.69) is 0 Å². The third kappa shape index (κ3) is 3.68. The molecule has 0 radical (unpaired) electrons. The first-order valence-electron chi connectivity index (χ1n) is 7.13. The van der Waals surface area contributed by atoms with Gasteiger partial charge in [-0.3, -0.25) is 14.4 Å². The van der Waals surface area contributed by atoms with Crippen molar-refractivity contribution in [1.82, 2.24) is 0 Å². The van der Waals surface area contributed by atoms with Gasteiger partial charge in [0.2, 0.25) is 0 Å². The van der Waals surface area contributed by atoms with E-state index in [-0.39, 0.29) is 18.6 Å². The number of unbranched alkanes of at least 4 members (excludes halogenated alkanes) is 2. The van der Waals surface area contributed by atoms with Gasteiger partial charge in [-0.1, -0.05) is 25.8 Å². The van der Waals surface area contributed by atoms with Gasteiger partial charge < -0.3 is 10.2 Å². The summed E-state index contributed by atoms with van der Waals surface area (Å²) in [7, 11) is 0. The van der Waals surface area contributed by atoms with E-state index in [9.17, 15) is 14.4 Å². The molecule has 0 spiro atoms. The van der Waals surface area contributed by atoms with Gasteiger partial charge in [0.25, 0.3) is 0 Å². The monoisotopic (exact) mass is 282 g/mol. The quantitative estimate of drug-likeness (QED) is 0.501. The first-order valence-corrected chi connectivity index (χ1v) is 7.13.